The van der Waals surface area contributed by atoms with Gasteiger partial charge in [-0.15, -0.1) is 11.8 Å². The van der Waals surface area contributed by atoms with E-state index in [9.17, 15) is 0 Å². The largest absolute Gasteiger partial charge is 0.488 e. The molecule has 1 saturated heterocycles. The number of thioether (sulfide) groups is 1. The van der Waals surface area contributed by atoms with Gasteiger partial charge in [0.25, 0.3) is 0 Å². The van der Waals surface area contributed by atoms with Crippen LogP contribution in [0.15, 0.2) is 35.2 Å². The van der Waals surface area contributed by atoms with Gasteiger partial charge in [0, 0.05) is 38.9 Å². The van der Waals surface area contributed by atoms with Crippen LogP contribution in [0.1, 0.15) is 44.6 Å². The zero-order valence-electron chi connectivity index (χ0n) is 15.7. The number of rotatable bonds is 5. The molecule has 1 fully saturated rings. The fourth-order valence-electron chi connectivity index (χ4n) is 4.06. The molecule has 0 aliphatic carbocycles. The molecule has 2 aliphatic rings. The fourth-order valence-corrected chi connectivity index (χ4v) is 5.74. The number of hydrogen-bond acceptors (Lipinski definition) is 3. The molecule has 0 radical (unpaired) electrons. The third-order valence-corrected chi connectivity index (χ3v) is 7.72. The van der Waals surface area contributed by atoms with Crippen LogP contribution in [0.3, 0.4) is 0 Å². The van der Waals surface area contributed by atoms with Crippen molar-refractivity contribution in [3.05, 3.63) is 45.9 Å². The Labute approximate surface area is 176 Å². The van der Waals surface area contributed by atoms with Crippen LogP contribution in [0.4, 0.5) is 0 Å². The maximum absolute atomic E-state index is 6.53. The summed E-state index contributed by atoms with van der Waals surface area (Å²) in [6, 6.07) is 10.3. The summed E-state index contributed by atoms with van der Waals surface area (Å²) in [7, 11) is 0. The Bertz CT molecular complexity index is 837. The van der Waals surface area contributed by atoms with Gasteiger partial charge in [-0.05, 0) is 55.6 Å². The van der Waals surface area contributed by atoms with Crippen molar-refractivity contribution in [3.63, 3.8) is 0 Å². The van der Waals surface area contributed by atoms with Gasteiger partial charge in [0.2, 0.25) is 0 Å². The molecule has 0 amide bonds. The summed E-state index contributed by atoms with van der Waals surface area (Å²) in [5.41, 5.74) is 3.50. The normalized spacial score (nSPS) is 21.1. The summed E-state index contributed by atoms with van der Waals surface area (Å²) in [6.07, 6.45) is 3.65. The highest BCUT2D eigenvalue weighted by molar-refractivity contribution is 8.00. The van der Waals surface area contributed by atoms with Crippen LogP contribution in [0.5, 0.6) is 5.75 Å². The van der Waals surface area contributed by atoms with Crippen molar-refractivity contribution in [3.8, 4) is 16.9 Å². The summed E-state index contributed by atoms with van der Waals surface area (Å²) in [6.45, 7) is 6.52. The number of hydrogen-bond donors (Lipinski definition) is 1. The SMILES string of the molecule is CCC(CC)Sc1cc(-c2ccc(Cl)cc2Cl)cc2c1OC1CCNC[C@@H]21. The summed E-state index contributed by atoms with van der Waals surface area (Å²) >= 11 is 14.6. The van der Waals surface area contributed by atoms with Crippen LogP contribution >= 0.6 is 35.0 Å². The van der Waals surface area contributed by atoms with Gasteiger partial charge in [-0.25, -0.2) is 0 Å². The predicted molar refractivity (Wildman–Crippen MR) is 117 cm³/mol. The van der Waals surface area contributed by atoms with Gasteiger partial charge in [-0.2, -0.15) is 0 Å². The average molecular weight is 422 g/mol. The smallest absolute Gasteiger partial charge is 0.137 e. The first-order valence-electron chi connectivity index (χ1n) is 9.78. The quantitative estimate of drug-likeness (QED) is 0.537. The van der Waals surface area contributed by atoms with Crippen LogP contribution in [-0.4, -0.2) is 24.4 Å². The van der Waals surface area contributed by atoms with Crippen molar-refractivity contribution in [2.75, 3.05) is 13.1 Å². The van der Waals surface area contributed by atoms with E-state index in [0.29, 0.717) is 27.3 Å². The topological polar surface area (TPSA) is 21.3 Å². The van der Waals surface area contributed by atoms with Crippen LogP contribution in [0, 0.1) is 0 Å². The monoisotopic (exact) mass is 421 g/mol. The molecule has 0 bridgehead atoms. The van der Waals surface area contributed by atoms with Gasteiger partial charge in [-0.3, -0.25) is 0 Å². The standard InChI is InChI=1S/C22H25Cl2NOS/c1-3-15(4-2)27-21-10-13(16-6-5-14(23)11-19(16)24)9-17-18-12-25-8-7-20(18)26-22(17)21/h5-6,9-11,15,18,20,25H,3-4,7-8,12H2,1-2H3/t18-,20?/m0/s1. The first kappa shape index (κ1) is 19.4. The first-order chi connectivity index (χ1) is 13.1. The van der Waals surface area contributed by atoms with Crippen LogP contribution in [0.25, 0.3) is 11.1 Å². The lowest BCUT2D eigenvalue weighted by atomic mass is 9.89. The van der Waals surface area contributed by atoms with Crippen molar-refractivity contribution < 1.29 is 4.74 Å². The van der Waals surface area contributed by atoms with Crippen LogP contribution in [0.2, 0.25) is 10.0 Å². The van der Waals surface area contributed by atoms with Crippen LogP contribution in [-0.2, 0) is 0 Å². The van der Waals surface area contributed by atoms with Gasteiger partial charge < -0.3 is 10.1 Å². The highest BCUT2D eigenvalue weighted by atomic mass is 35.5. The second kappa shape index (κ2) is 8.24. The first-order valence-corrected chi connectivity index (χ1v) is 11.4. The molecule has 2 aliphatic heterocycles. The molecule has 5 heteroatoms. The molecular weight excluding hydrogens is 397 g/mol. The van der Waals surface area contributed by atoms with E-state index in [1.165, 1.54) is 10.5 Å². The third-order valence-electron chi connectivity index (χ3n) is 5.62. The van der Waals surface area contributed by atoms with Crippen molar-refractivity contribution in [1.82, 2.24) is 5.32 Å². The molecule has 2 aromatic rings. The third kappa shape index (κ3) is 3.85. The highest BCUT2D eigenvalue weighted by Crippen LogP contribution is 2.49. The number of fused-ring (bicyclic) bond motifs is 3. The predicted octanol–water partition coefficient (Wildman–Crippen LogP) is 6.78. The average Bonchev–Trinajstić information content (AvgIpc) is 3.05. The van der Waals surface area contributed by atoms with E-state index in [4.69, 9.17) is 27.9 Å². The fraction of sp³-hybridized carbons (Fsp3) is 0.455. The molecule has 4 rings (SSSR count). The van der Waals surface area contributed by atoms with Crippen molar-refractivity contribution in [1.29, 1.82) is 0 Å². The Balaban J connectivity index is 1.81. The number of benzene rings is 2. The minimum Gasteiger partial charge on any atom is -0.488 e. The maximum atomic E-state index is 6.53. The van der Waals surface area contributed by atoms with Gasteiger partial charge in [0.1, 0.15) is 11.9 Å². The zero-order chi connectivity index (χ0) is 19.0. The van der Waals surface area contributed by atoms with Gasteiger partial charge >= 0.3 is 0 Å². The summed E-state index contributed by atoms with van der Waals surface area (Å²) in [5, 5.41) is 5.48. The Hall–Kier alpha value is -0.870. The van der Waals surface area contributed by atoms with Crippen LogP contribution < -0.4 is 10.1 Å². The molecule has 2 atom stereocenters. The Kier molecular flexibility index (Phi) is 5.94. The number of piperidine rings is 1. The summed E-state index contributed by atoms with van der Waals surface area (Å²) in [4.78, 5) is 1.25. The lowest BCUT2D eigenvalue weighted by molar-refractivity contribution is 0.169. The zero-order valence-corrected chi connectivity index (χ0v) is 18.1. The number of ether oxygens (including phenoxy) is 1. The second-order valence-corrected chi connectivity index (χ2v) is 9.51. The molecule has 2 nitrogen and oxygen atoms in total. The minimum absolute atomic E-state index is 0.290. The minimum atomic E-state index is 0.290. The molecule has 0 saturated carbocycles. The summed E-state index contributed by atoms with van der Waals surface area (Å²) < 4.78 is 6.46. The van der Waals surface area contributed by atoms with E-state index in [1.807, 2.05) is 30.0 Å². The van der Waals surface area contributed by atoms with E-state index >= 15 is 0 Å². The van der Waals surface area contributed by atoms with E-state index in [1.54, 1.807) is 0 Å². The number of nitrogens with one attached hydrogen (secondary N) is 1. The highest BCUT2D eigenvalue weighted by Gasteiger charge is 2.38. The van der Waals surface area contributed by atoms with Gasteiger partial charge in [-0.1, -0.05) is 43.1 Å². The molecular formula is C22H25Cl2NOS. The van der Waals surface area contributed by atoms with Crippen molar-refractivity contribution in [2.24, 2.45) is 0 Å². The molecule has 2 aromatic carbocycles. The van der Waals surface area contributed by atoms with Crippen molar-refractivity contribution >= 4 is 35.0 Å². The Morgan fingerprint density at radius 1 is 1.19 bits per heavy atom. The Morgan fingerprint density at radius 2 is 2.00 bits per heavy atom. The van der Waals surface area contributed by atoms with E-state index in [2.05, 4.69) is 31.3 Å². The van der Waals surface area contributed by atoms with E-state index < -0.39 is 0 Å². The van der Waals surface area contributed by atoms with Crippen molar-refractivity contribution in [2.45, 2.75) is 55.3 Å². The molecule has 0 aromatic heterocycles. The summed E-state index contributed by atoms with van der Waals surface area (Å²) in [5.74, 6) is 1.51. The molecule has 1 N–H and O–H groups in total. The molecule has 1 unspecified atom stereocenters. The second-order valence-electron chi connectivity index (χ2n) is 7.33. The van der Waals surface area contributed by atoms with E-state index in [0.717, 1.165) is 49.2 Å². The maximum Gasteiger partial charge on any atom is 0.137 e. The lowest BCUT2D eigenvalue weighted by Gasteiger charge is -2.24. The molecule has 27 heavy (non-hydrogen) atoms. The number of halogens is 2. The van der Waals surface area contributed by atoms with Gasteiger partial charge in [0.05, 0.1) is 4.90 Å². The Morgan fingerprint density at radius 3 is 2.74 bits per heavy atom. The molecule has 2 heterocycles. The lowest BCUT2D eigenvalue weighted by Crippen LogP contribution is -2.37. The van der Waals surface area contributed by atoms with E-state index in [-0.39, 0.29) is 0 Å². The molecule has 0 spiro atoms. The van der Waals surface area contributed by atoms with Gasteiger partial charge in [0.15, 0.2) is 0 Å². The molecule has 144 valence electrons.